The Morgan fingerprint density at radius 1 is 1.18 bits per heavy atom. The summed E-state index contributed by atoms with van der Waals surface area (Å²) < 4.78 is 12.9. The van der Waals surface area contributed by atoms with E-state index in [1.54, 1.807) is 4.52 Å². The molecule has 4 aromatic rings. The van der Waals surface area contributed by atoms with Crippen LogP contribution in [0.2, 0.25) is 0 Å². The number of aromatic nitrogens is 3. The molecule has 0 atom stereocenters. The molecule has 0 unspecified atom stereocenters. The van der Waals surface area contributed by atoms with Gasteiger partial charge in [-0.15, -0.1) is 16.4 Å². The third kappa shape index (κ3) is 5.36. The number of nitrogens with zero attached hydrogens (tertiary/aromatic N) is 4. The number of thiophene rings is 1. The highest BCUT2D eigenvalue weighted by Crippen LogP contribution is 2.26. The van der Waals surface area contributed by atoms with E-state index in [4.69, 9.17) is 15.2 Å². The van der Waals surface area contributed by atoms with Crippen LogP contribution in [0.4, 0.5) is 5.95 Å². The van der Waals surface area contributed by atoms with Crippen molar-refractivity contribution in [2.75, 3.05) is 45.2 Å². The Balaban J connectivity index is 1.15. The number of nitrogen functional groups attached to an aromatic ring is 1. The molecule has 1 aliphatic rings. The molecule has 10 heteroatoms. The predicted molar refractivity (Wildman–Crippen MR) is 131 cm³/mol. The highest BCUT2D eigenvalue weighted by atomic mass is 32.1. The maximum absolute atomic E-state index is 12.7. The topological polar surface area (TPSA) is 107 Å². The van der Waals surface area contributed by atoms with Gasteiger partial charge in [0.15, 0.2) is 5.65 Å². The van der Waals surface area contributed by atoms with Gasteiger partial charge in [-0.25, -0.2) is 4.52 Å². The summed E-state index contributed by atoms with van der Waals surface area (Å²) in [7, 11) is 0. The minimum atomic E-state index is -0.110. The van der Waals surface area contributed by atoms with Crippen molar-refractivity contribution in [3.63, 3.8) is 0 Å². The van der Waals surface area contributed by atoms with Crippen molar-refractivity contribution in [2.45, 2.75) is 6.54 Å². The number of carbonyl (C=O) groups is 1. The largest absolute Gasteiger partial charge is 0.492 e. The summed E-state index contributed by atoms with van der Waals surface area (Å²) in [5.41, 5.74) is 9.22. The third-order valence-electron chi connectivity index (χ3n) is 5.64. The molecule has 0 saturated carbocycles. The van der Waals surface area contributed by atoms with Gasteiger partial charge in [-0.2, -0.15) is 4.98 Å². The fraction of sp³-hybridized carbons (Fsp3) is 0.292. The van der Waals surface area contributed by atoms with Gasteiger partial charge in [0, 0.05) is 37.9 Å². The molecule has 176 valence electrons. The molecule has 0 bridgehead atoms. The Morgan fingerprint density at radius 2 is 2.06 bits per heavy atom. The summed E-state index contributed by atoms with van der Waals surface area (Å²) in [5.74, 6) is 0.928. The molecule has 0 radical (unpaired) electrons. The van der Waals surface area contributed by atoms with Crippen LogP contribution in [-0.2, 0) is 11.3 Å². The number of rotatable bonds is 8. The number of hydrogen-bond donors (Lipinski definition) is 2. The zero-order valence-corrected chi connectivity index (χ0v) is 19.5. The Hall–Kier alpha value is -3.47. The third-order valence-corrected chi connectivity index (χ3v) is 6.56. The average molecular weight is 479 g/mol. The van der Waals surface area contributed by atoms with Gasteiger partial charge < -0.3 is 20.5 Å². The summed E-state index contributed by atoms with van der Waals surface area (Å²) in [5, 5.41) is 9.10. The van der Waals surface area contributed by atoms with Crippen LogP contribution in [-0.4, -0.2) is 64.9 Å². The number of hydrogen-bond acceptors (Lipinski definition) is 8. The Kier molecular flexibility index (Phi) is 6.70. The van der Waals surface area contributed by atoms with E-state index >= 15 is 0 Å². The predicted octanol–water partition coefficient (Wildman–Crippen LogP) is 2.68. The quantitative estimate of drug-likeness (QED) is 0.401. The first-order valence-electron chi connectivity index (χ1n) is 11.1. The molecule has 3 N–H and O–H groups in total. The lowest BCUT2D eigenvalue weighted by molar-refractivity contribution is 0.0322. The summed E-state index contributed by atoms with van der Waals surface area (Å²) in [6.07, 6.45) is 1.85. The SMILES string of the molecule is Nc1nc2ccc(-c3csc(C(=O)NCc4cccc(OCCN5CCOCC5)c4)c3)cn2n1. The van der Waals surface area contributed by atoms with Gasteiger partial charge in [-0.1, -0.05) is 12.1 Å². The van der Waals surface area contributed by atoms with E-state index in [2.05, 4.69) is 20.3 Å². The number of nitrogens with two attached hydrogens (primary N) is 1. The van der Waals surface area contributed by atoms with E-state index in [1.807, 2.05) is 54.0 Å². The zero-order chi connectivity index (χ0) is 23.3. The van der Waals surface area contributed by atoms with Crippen LogP contribution in [0, 0.1) is 0 Å². The number of nitrogens with one attached hydrogen (secondary N) is 1. The second-order valence-electron chi connectivity index (χ2n) is 8.02. The summed E-state index contributed by atoms with van der Waals surface area (Å²) in [6, 6.07) is 13.5. The van der Waals surface area contributed by atoms with E-state index in [1.165, 1.54) is 11.3 Å². The molecule has 3 aromatic heterocycles. The van der Waals surface area contributed by atoms with E-state index in [0.717, 1.165) is 55.3 Å². The van der Waals surface area contributed by atoms with Gasteiger partial charge in [0.1, 0.15) is 12.4 Å². The van der Waals surface area contributed by atoms with E-state index in [9.17, 15) is 4.79 Å². The highest BCUT2D eigenvalue weighted by Gasteiger charge is 2.12. The van der Waals surface area contributed by atoms with E-state index in [-0.39, 0.29) is 11.9 Å². The molecule has 0 aliphatic carbocycles. The first-order valence-corrected chi connectivity index (χ1v) is 12.0. The van der Waals surface area contributed by atoms with Crippen molar-refractivity contribution in [3.05, 3.63) is 64.5 Å². The summed E-state index contributed by atoms with van der Waals surface area (Å²) in [6.45, 7) is 5.40. The van der Waals surface area contributed by atoms with Crippen LogP contribution in [0.3, 0.4) is 0 Å². The minimum Gasteiger partial charge on any atom is -0.492 e. The lowest BCUT2D eigenvalue weighted by Gasteiger charge is -2.26. The van der Waals surface area contributed by atoms with Crippen LogP contribution in [0.25, 0.3) is 16.8 Å². The smallest absolute Gasteiger partial charge is 0.261 e. The van der Waals surface area contributed by atoms with E-state index in [0.29, 0.717) is 23.7 Å². The Morgan fingerprint density at radius 3 is 2.94 bits per heavy atom. The van der Waals surface area contributed by atoms with Crippen LogP contribution < -0.4 is 15.8 Å². The Bertz CT molecular complexity index is 1280. The molecule has 9 nitrogen and oxygen atoms in total. The van der Waals surface area contributed by atoms with Gasteiger partial charge in [-0.05, 0) is 46.8 Å². The molecule has 1 amide bonds. The van der Waals surface area contributed by atoms with Crippen molar-refractivity contribution in [3.8, 4) is 16.9 Å². The molecular weight excluding hydrogens is 452 g/mol. The first kappa shape index (κ1) is 22.3. The normalized spacial score (nSPS) is 14.4. The van der Waals surface area contributed by atoms with Crippen molar-refractivity contribution >= 4 is 28.8 Å². The zero-order valence-electron chi connectivity index (χ0n) is 18.6. The standard InChI is InChI=1S/C24H26N6O3S/c25-24-27-22-5-4-18(15-30(22)28-24)19-13-21(34-16-19)23(31)26-14-17-2-1-3-20(12-17)33-11-8-29-6-9-32-10-7-29/h1-5,12-13,15-16H,6-11,14H2,(H2,25,28)(H,26,31). The molecule has 0 spiro atoms. The van der Waals surface area contributed by atoms with Gasteiger partial charge in [0.25, 0.3) is 5.91 Å². The first-order chi connectivity index (χ1) is 16.6. The van der Waals surface area contributed by atoms with Gasteiger partial charge in [0.2, 0.25) is 5.95 Å². The fourth-order valence-electron chi connectivity index (χ4n) is 3.81. The van der Waals surface area contributed by atoms with Gasteiger partial charge >= 0.3 is 0 Å². The van der Waals surface area contributed by atoms with Crippen molar-refractivity contribution in [2.24, 2.45) is 0 Å². The second-order valence-corrected chi connectivity index (χ2v) is 8.93. The summed E-state index contributed by atoms with van der Waals surface area (Å²) >= 11 is 1.41. The molecule has 1 fully saturated rings. The number of ether oxygens (including phenoxy) is 2. The van der Waals surface area contributed by atoms with Crippen molar-refractivity contribution in [1.29, 1.82) is 0 Å². The van der Waals surface area contributed by atoms with Gasteiger partial charge in [-0.3, -0.25) is 9.69 Å². The molecule has 4 heterocycles. The fourth-order valence-corrected chi connectivity index (χ4v) is 4.64. The number of morpholine rings is 1. The second kappa shape index (κ2) is 10.2. The molecule has 34 heavy (non-hydrogen) atoms. The summed E-state index contributed by atoms with van der Waals surface area (Å²) in [4.78, 5) is 19.8. The maximum atomic E-state index is 12.7. The average Bonchev–Trinajstić information content (AvgIpc) is 3.49. The Labute approximate surface area is 201 Å². The number of pyridine rings is 1. The number of benzene rings is 1. The molecular formula is C24H26N6O3S. The van der Waals surface area contributed by atoms with Gasteiger partial charge in [0.05, 0.1) is 18.1 Å². The lowest BCUT2D eigenvalue weighted by Crippen LogP contribution is -2.38. The minimum absolute atomic E-state index is 0.110. The molecule has 1 saturated heterocycles. The van der Waals surface area contributed by atoms with E-state index < -0.39 is 0 Å². The van der Waals surface area contributed by atoms with Crippen LogP contribution in [0.15, 0.2) is 54.0 Å². The van der Waals surface area contributed by atoms with Crippen molar-refractivity contribution in [1.82, 2.24) is 24.8 Å². The van der Waals surface area contributed by atoms with Crippen LogP contribution in [0.5, 0.6) is 5.75 Å². The van der Waals surface area contributed by atoms with Crippen LogP contribution in [0.1, 0.15) is 15.2 Å². The number of anilines is 1. The molecule has 1 aliphatic heterocycles. The van der Waals surface area contributed by atoms with Crippen molar-refractivity contribution < 1.29 is 14.3 Å². The monoisotopic (exact) mass is 478 g/mol. The maximum Gasteiger partial charge on any atom is 0.261 e. The lowest BCUT2D eigenvalue weighted by atomic mass is 10.1. The number of amides is 1. The highest BCUT2D eigenvalue weighted by molar-refractivity contribution is 7.12. The number of fused-ring (bicyclic) bond motifs is 1. The molecule has 1 aromatic carbocycles. The number of carbonyl (C=O) groups excluding carboxylic acids is 1. The van der Waals surface area contributed by atoms with Crippen LogP contribution >= 0.6 is 11.3 Å². The molecule has 5 rings (SSSR count).